The number of nitrogens with zero attached hydrogens (tertiary/aromatic N) is 5. The average molecular weight is 376 g/mol. The van der Waals surface area contributed by atoms with Crippen LogP contribution < -0.4 is 11.4 Å². The van der Waals surface area contributed by atoms with Gasteiger partial charge >= 0.3 is 0 Å². The molecule has 0 unspecified atom stereocenters. The van der Waals surface area contributed by atoms with E-state index in [2.05, 4.69) is 15.2 Å². The van der Waals surface area contributed by atoms with Gasteiger partial charge < -0.3 is 5.84 Å². The molecule has 0 aliphatic rings. The van der Waals surface area contributed by atoms with Gasteiger partial charge in [0, 0.05) is 22.9 Å². The van der Waals surface area contributed by atoms with E-state index in [0.717, 1.165) is 10.6 Å². The maximum Gasteiger partial charge on any atom is 0.258 e. The van der Waals surface area contributed by atoms with Crippen molar-refractivity contribution in [2.45, 2.75) is 17.8 Å². The summed E-state index contributed by atoms with van der Waals surface area (Å²) in [4.78, 5) is 18.4. The Morgan fingerprint density at radius 1 is 1.33 bits per heavy atom. The Kier molecular flexibility index (Phi) is 3.87. The predicted molar refractivity (Wildman–Crippen MR) is 97.1 cm³/mol. The molecule has 7 nitrogen and oxygen atoms in total. The molecular formula is C14H12N6OS3. The molecule has 4 aromatic rings. The minimum atomic E-state index is -0.0668. The summed E-state index contributed by atoms with van der Waals surface area (Å²) in [5, 5.41) is 12.7. The number of thioether (sulfide) groups is 1. The number of rotatable bonds is 4. The van der Waals surface area contributed by atoms with Crippen molar-refractivity contribution >= 4 is 39.4 Å². The lowest BCUT2D eigenvalue weighted by atomic mass is 10.4. The predicted octanol–water partition coefficient (Wildman–Crippen LogP) is 2.39. The first-order valence-electron chi connectivity index (χ1n) is 6.97. The second-order valence-corrected chi connectivity index (χ2v) is 7.75. The first kappa shape index (κ1) is 15.4. The lowest BCUT2D eigenvalue weighted by molar-refractivity contribution is 0.849. The van der Waals surface area contributed by atoms with Crippen molar-refractivity contribution in [3.8, 4) is 10.7 Å². The van der Waals surface area contributed by atoms with Gasteiger partial charge in [-0.3, -0.25) is 9.20 Å². The van der Waals surface area contributed by atoms with Crippen LogP contribution in [0.15, 0.2) is 38.9 Å². The fourth-order valence-corrected chi connectivity index (χ4v) is 4.61. The van der Waals surface area contributed by atoms with E-state index >= 15 is 0 Å². The van der Waals surface area contributed by atoms with Crippen molar-refractivity contribution in [2.24, 2.45) is 0 Å². The van der Waals surface area contributed by atoms with Gasteiger partial charge in [-0.2, -0.15) is 0 Å². The summed E-state index contributed by atoms with van der Waals surface area (Å²) in [5.74, 6) is 7.21. The molecule has 10 heteroatoms. The molecule has 24 heavy (non-hydrogen) atoms. The second kappa shape index (κ2) is 6.04. The minimum Gasteiger partial charge on any atom is -0.335 e. The van der Waals surface area contributed by atoms with E-state index in [4.69, 9.17) is 5.84 Å². The van der Waals surface area contributed by atoms with Crippen LogP contribution in [0.3, 0.4) is 0 Å². The van der Waals surface area contributed by atoms with Gasteiger partial charge in [0.25, 0.3) is 5.56 Å². The van der Waals surface area contributed by atoms with E-state index in [-0.39, 0.29) is 5.56 Å². The number of hydrogen-bond donors (Lipinski definition) is 1. The molecule has 0 aromatic carbocycles. The zero-order valence-electron chi connectivity index (χ0n) is 12.5. The van der Waals surface area contributed by atoms with E-state index < -0.39 is 0 Å². The molecular weight excluding hydrogens is 364 g/mol. The molecule has 0 amide bonds. The summed E-state index contributed by atoms with van der Waals surface area (Å²) < 4.78 is 3.08. The van der Waals surface area contributed by atoms with Crippen LogP contribution in [0.4, 0.5) is 0 Å². The van der Waals surface area contributed by atoms with Gasteiger partial charge in [-0.1, -0.05) is 17.8 Å². The molecule has 4 heterocycles. The molecule has 0 atom stereocenters. The summed E-state index contributed by atoms with van der Waals surface area (Å²) in [6.45, 7) is 1.89. The van der Waals surface area contributed by atoms with Crippen LogP contribution in [0, 0.1) is 6.92 Å². The zero-order valence-corrected chi connectivity index (χ0v) is 15.0. The number of thiazole rings is 1. The van der Waals surface area contributed by atoms with Crippen molar-refractivity contribution in [1.82, 2.24) is 24.3 Å². The van der Waals surface area contributed by atoms with Gasteiger partial charge in [0.05, 0.1) is 10.6 Å². The van der Waals surface area contributed by atoms with Crippen molar-refractivity contribution in [3.63, 3.8) is 0 Å². The Bertz CT molecular complexity index is 1060. The van der Waals surface area contributed by atoms with Gasteiger partial charge in [0.1, 0.15) is 0 Å². The molecule has 0 aliphatic carbocycles. The zero-order chi connectivity index (χ0) is 16.7. The topological polar surface area (TPSA) is 91.1 Å². The number of nitrogen functional groups attached to an aromatic ring is 1. The monoisotopic (exact) mass is 376 g/mol. The Labute approximate surface area is 148 Å². The first-order valence-corrected chi connectivity index (χ1v) is 9.72. The van der Waals surface area contributed by atoms with E-state index in [1.54, 1.807) is 21.8 Å². The van der Waals surface area contributed by atoms with Gasteiger partial charge in [0.2, 0.25) is 5.16 Å². The Hall–Kier alpha value is -2.17. The summed E-state index contributed by atoms with van der Waals surface area (Å²) in [7, 11) is 0. The number of aryl methyl sites for hydroxylation is 1. The number of hydrogen-bond acceptors (Lipinski definition) is 8. The van der Waals surface area contributed by atoms with Crippen LogP contribution in [-0.4, -0.2) is 24.3 Å². The molecule has 0 bridgehead atoms. The van der Waals surface area contributed by atoms with Gasteiger partial charge in [-0.05, 0) is 18.4 Å². The summed E-state index contributed by atoms with van der Waals surface area (Å²) in [5.41, 5.74) is 1.53. The maximum absolute atomic E-state index is 12.2. The van der Waals surface area contributed by atoms with Crippen LogP contribution in [0.5, 0.6) is 0 Å². The number of aromatic nitrogens is 5. The van der Waals surface area contributed by atoms with E-state index in [0.29, 0.717) is 27.4 Å². The highest BCUT2D eigenvalue weighted by molar-refractivity contribution is 7.98. The maximum atomic E-state index is 12.2. The standard InChI is InChI=1S/C14H12N6OS3/c1-8-6-23-13-16-9(5-11(21)19(8)13)7-24-14-18-17-12(20(14)15)10-3-2-4-22-10/h2-6H,7,15H2,1H3. The second-order valence-electron chi connectivity index (χ2n) is 5.02. The van der Waals surface area contributed by atoms with E-state index in [1.165, 1.54) is 27.8 Å². The molecule has 2 N–H and O–H groups in total. The fraction of sp³-hybridized carbons (Fsp3) is 0.143. The third-order valence-corrected chi connectivity index (χ3v) is 6.17. The highest BCUT2D eigenvalue weighted by Gasteiger charge is 2.14. The van der Waals surface area contributed by atoms with Crippen LogP contribution in [0.1, 0.15) is 11.4 Å². The summed E-state index contributed by atoms with van der Waals surface area (Å²) in [6, 6.07) is 5.44. The summed E-state index contributed by atoms with van der Waals surface area (Å²) >= 11 is 4.42. The van der Waals surface area contributed by atoms with Crippen molar-refractivity contribution in [1.29, 1.82) is 0 Å². The molecule has 0 radical (unpaired) electrons. The Balaban J connectivity index is 1.58. The quantitative estimate of drug-likeness (QED) is 0.434. The molecule has 0 saturated heterocycles. The summed E-state index contributed by atoms with van der Waals surface area (Å²) in [6.07, 6.45) is 0. The number of thiophene rings is 1. The van der Waals surface area contributed by atoms with Crippen LogP contribution in [0.25, 0.3) is 15.7 Å². The minimum absolute atomic E-state index is 0.0668. The molecule has 0 spiro atoms. The smallest absolute Gasteiger partial charge is 0.258 e. The molecule has 4 aromatic heterocycles. The van der Waals surface area contributed by atoms with Gasteiger partial charge in [-0.15, -0.1) is 32.9 Å². The highest BCUT2D eigenvalue weighted by Crippen LogP contribution is 2.26. The Morgan fingerprint density at radius 2 is 2.21 bits per heavy atom. The lowest BCUT2D eigenvalue weighted by Gasteiger charge is -2.03. The Morgan fingerprint density at radius 3 is 3.00 bits per heavy atom. The van der Waals surface area contributed by atoms with Crippen molar-refractivity contribution < 1.29 is 0 Å². The molecule has 4 rings (SSSR count). The third kappa shape index (κ3) is 2.62. The van der Waals surface area contributed by atoms with Crippen LogP contribution in [0.2, 0.25) is 0 Å². The van der Waals surface area contributed by atoms with E-state index in [1.807, 2.05) is 29.8 Å². The lowest BCUT2D eigenvalue weighted by Crippen LogP contribution is -2.15. The van der Waals surface area contributed by atoms with Crippen molar-refractivity contribution in [2.75, 3.05) is 5.84 Å². The number of fused-ring (bicyclic) bond motifs is 1. The number of nitrogens with two attached hydrogens (primary N) is 1. The largest absolute Gasteiger partial charge is 0.335 e. The highest BCUT2D eigenvalue weighted by atomic mass is 32.2. The molecule has 0 aliphatic heterocycles. The molecule has 122 valence electrons. The van der Waals surface area contributed by atoms with Gasteiger partial charge in [0.15, 0.2) is 10.8 Å². The molecule has 0 fully saturated rings. The van der Waals surface area contributed by atoms with Gasteiger partial charge in [-0.25, -0.2) is 9.66 Å². The van der Waals surface area contributed by atoms with Crippen LogP contribution >= 0.6 is 34.4 Å². The third-order valence-electron chi connectivity index (χ3n) is 3.38. The molecule has 0 saturated carbocycles. The fourth-order valence-electron chi connectivity index (χ4n) is 2.26. The van der Waals surface area contributed by atoms with E-state index in [9.17, 15) is 4.79 Å². The van der Waals surface area contributed by atoms with Crippen LogP contribution in [-0.2, 0) is 5.75 Å². The van der Waals surface area contributed by atoms with Crippen molar-refractivity contribution in [3.05, 3.63) is 50.7 Å². The SMILES string of the molecule is Cc1csc2nc(CSc3nnc(-c4cccs4)n3N)cc(=O)n12. The average Bonchev–Trinajstić information content (AvgIpc) is 3.27. The first-order chi connectivity index (χ1) is 11.6. The normalized spacial score (nSPS) is 11.4.